The van der Waals surface area contributed by atoms with Gasteiger partial charge in [0.05, 0.1) is 19.1 Å². The number of halogens is 1. The van der Waals surface area contributed by atoms with Crippen LogP contribution in [0.4, 0.5) is 0 Å². The second kappa shape index (κ2) is 6.19. The van der Waals surface area contributed by atoms with Crippen LogP contribution in [0.5, 0.6) is 11.5 Å². The van der Waals surface area contributed by atoms with Crippen molar-refractivity contribution in [1.82, 2.24) is 0 Å². The molecule has 0 spiro atoms. The van der Waals surface area contributed by atoms with Crippen molar-refractivity contribution in [2.45, 2.75) is 18.2 Å². The van der Waals surface area contributed by atoms with Gasteiger partial charge in [-0.1, -0.05) is 36.4 Å². The second-order valence-electron chi connectivity index (χ2n) is 4.92. The predicted molar refractivity (Wildman–Crippen MR) is 80.8 cm³/mol. The Kier molecular flexibility index (Phi) is 4.12. The van der Waals surface area contributed by atoms with Gasteiger partial charge in [-0.15, -0.1) is 11.6 Å². The zero-order chi connectivity index (χ0) is 13.8. The Labute approximate surface area is 124 Å². The Morgan fingerprint density at radius 1 is 1.10 bits per heavy atom. The molecule has 1 unspecified atom stereocenters. The summed E-state index contributed by atoms with van der Waals surface area (Å²) >= 11 is 5.93. The minimum absolute atomic E-state index is 0.378. The van der Waals surface area contributed by atoms with Crippen LogP contribution in [0.1, 0.15) is 23.5 Å². The second-order valence-corrected chi connectivity index (χ2v) is 5.19. The van der Waals surface area contributed by atoms with Crippen molar-refractivity contribution in [3.63, 3.8) is 0 Å². The van der Waals surface area contributed by atoms with Gasteiger partial charge in [0.1, 0.15) is 11.5 Å². The van der Waals surface area contributed by atoms with E-state index in [2.05, 4.69) is 6.07 Å². The standard InChI is InChI=1S/C17H17ClO2/c18-11-13-5-1-3-7-16(13)20-12-14-9-10-19-17-8-4-2-6-15(14)17/h1-8,14H,9-12H2. The van der Waals surface area contributed by atoms with E-state index >= 15 is 0 Å². The van der Waals surface area contributed by atoms with Crippen molar-refractivity contribution in [2.24, 2.45) is 0 Å². The van der Waals surface area contributed by atoms with E-state index in [9.17, 15) is 0 Å². The molecule has 1 heterocycles. The molecule has 104 valence electrons. The van der Waals surface area contributed by atoms with Crippen LogP contribution < -0.4 is 9.47 Å². The largest absolute Gasteiger partial charge is 0.493 e. The highest BCUT2D eigenvalue weighted by Crippen LogP contribution is 2.34. The highest BCUT2D eigenvalue weighted by molar-refractivity contribution is 6.17. The normalized spacial score (nSPS) is 17.1. The molecule has 0 N–H and O–H groups in total. The number of ether oxygens (including phenoxy) is 2. The molecule has 0 amide bonds. The lowest BCUT2D eigenvalue weighted by atomic mass is 9.94. The summed E-state index contributed by atoms with van der Waals surface area (Å²) in [6.45, 7) is 1.41. The summed E-state index contributed by atoms with van der Waals surface area (Å²) in [6, 6.07) is 16.1. The van der Waals surface area contributed by atoms with E-state index in [0.717, 1.165) is 30.1 Å². The maximum Gasteiger partial charge on any atom is 0.123 e. The van der Waals surface area contributed by atoms with Gasteiger partial charge < -0.3 is 9.47 Å². The van der Waals surface area contributed by atoms with E-state index < -0.39 is 0 Å². The molecular formula is C17H17ClO2. The third-order valence-electron chi connectivity index (χ3n) is 3.64. The number of hydrogen-bond acceptors (Lipinski definition) is 2. The summed E-state index contributed by atoms with van der Waals surface area (Å²) in [7, 11) is 0. The monoisotopic (exact) mass is 288 g/mol. The molecule has 2 nitrogen and oxygen atoms in total. The molecule has 3 heteroatoms. The highest BCUT2D eigenvalue weighted by Gasteiger charge is 2.21. The van der Waals surface area contributed by atoms with Crippen LogP contribution in [-0.2, 0) is 5.88 Å². The summed E-state index contributed by atoms with van der Waals surface area (Å²) in [5.41, 5.74) is 2.27. The number of rotatable bonds is 4. The van der Waals surface area contributed by atoms with E-state index in [1.165, 1.54) is 5.56 Å². The van der Waals surface area contributed by atoms with Crippen molar-refractivity contribution in [3.8, 4) is 11.5 Å². The number of para-hydroxylation sites is 2. The van der Waals surface area contributed by atoms with Crippen LogP contribution in [-0.4, -0.2) is 13.2 Å². The predicted octanol–water partition coefficient (Wildman–Crippen LogP) is 4.37. The maximum absolute atomic E-state index is 5.98. The summed E-state index contributed by atoms with van der Waals surface area (Å²) in [5, 5.41) is 0. The molecule has 20 heavy (non-hydrogen) atoms. The number of fused-ring (bicyclic) bond motifs is 1. The molecular weight excluding hydrogens is 272 g/mol. The lowest BCUT2D eigenvalue weighted by Gasteiger charge is -2.26. The van der Waals surface area contributed by atoms with E-state index in [4.69, 9.17) is 21.1 Å². The molecule has 2 aromatic carbocycles. The van der Waals surface area contributed by atoms with Crippen molar-refractivity contribution in [3.05, 3.63) is 59.7 Å². The van der Waals surface area contributed by atoms with Crippen molar-refractivity contribution < 1.29 is 9.47 Å². The SMILES string of the molecule is ClCc1ccccc1OCC1CCOc2ccccc21. The van der Waals surface area contributed by atoms with E-state index in [1.807, 2.05) is 42.5 Å². The zero-order valence-electron chi connectivity index (χ0n) is 11.2. The Morgan fingerprint density at radius 2 is 1.90 bits per heavy atom. The molecule has 1 aliphatic heterocycles. The molecule has 0 saturated carbocycles. The summed E-state index contributed by atoms with van der Waals surface area (Å²) in [4.78, 5) is 0. The first kappa shape index (κ1) is 13.3. The van der Waals surface area contributed by atoms with E-state index in [1.54, 1.807) is 0 Å². The average molecular weight is 289 g/mol. The molecule has 2 aromatic rings. The van der Waals surface area contributed by atoms with Crippen LogP contribution in [0.25, 0.3) is 0 Å². The zero-order valence-corrected chi connectivity index (χ0v) is 12.0. The molecule has 3 rings (SSSR count). The average Bonchev–Trinajstić information content (AvgIpc) is 2.53. The van der Waals surface area contributed by atoms with Gasteiger partial charge in [0.25, 0.3) is 0 Å². The van der Waals surface area contributed by atoms with E-state index in [-0.39, 0.29) is 0 Å². The van der Waals surface area contributed by atoms with Crippen LogP contribution in [0.3, 0.4) is 0 Å². The molecule has 0 saturated heterocycles. The Hall–Kier alpha value is -1.67. The lowest BCUT2D eigenvalue weighted by molar-refractivity contribution is 0.217. The van der Waals surface area contributed by atoms with Crippen LogP contribution >= 0.6 is 11.6 Å². The molecule has 0 aliphatic carbocycles. The fourth-order valence-electron chi connectivity index (χ4n) is 2.53. The van der Waals surface area contributed by atoms with Gasteiger partial charge in [0.15, 0.2) is 0 Å². The smallest absolute Gasteiger partial charge is 0.123 e. The molecule has 1 aliphatic rings. The fraction of sp³-hybridized carbons (Fsp3) is 0.294. The molecule has 0 bridgehead atoms. The minimum Gasteiger partial charge on any atom is -0.493 e. The van der Waals surface area contributed by atoms with Crippen molar-refractivity contribution >= 4 is 11.6 Å². The minimum atomic E-state index is 0.378. The Balaban J connectivity index is 1.73. The van der Waals surface area contributed by atoms with Crippen LogP contribution in [0.2, 0.25) is 0 Å². The van der Waals surface area contributed by atoms with Gasteiger partial charge in [-0.05, 0) is 18.6 Å². The van der Waals surface area contributed by atoms with Gasteiger partial charge >= 0.3 is 0 Å². The third-order valence-corrected chi connectivity index (χ3v) is 3.93. The topological polar surface area (TPSA) is 18.5 Å². The maximum atomic E-state index is 5.98. The lowest BCUT2D eigenvalue weighted by Crippen LogP contribution is -2.19. The van der Waals surface area contributed by atoms with Gasteiger partial charge in [0, 0.05) is 17.0 Å². The Morgan fingerprint density at radius 3 is 2.80 bits per heavy atom. The van der Waals surface area contributed by atoms with Gasteiger partial charge in [0.2, 0.25) is 0 Å². The van der Waals surface area contributed by atoms with Crippen LogP contribution in [0.15, 0.2) is 48.5 Å². The quantitative estimate of drug-likeness (QED) is 0.778. The highest BCUT2D eigenvalue weighted by atomic mass is 35.5. The molecule has 0 aromatic heterocycles. The summed E-state index contributed by atoms with van der Waals surface area (Å²) < 4.78 is 11.7. The summed E-state index contributed by atoms with van der Waals surface area (Å²) in [6.07, 6.45) is 0.986. The van der Waals surface area contributed by atoms with Crippen molar-refractivity contribution in [1.29, 1.82) is 0 Å². The first-order valence-corrected chi connectivity index (χ1v) is 7.40. The van der Waals surface area contributed by atoms with E-state index in [0.29, 0.717) is 18.4 Å². The first-order chi connectivity index (χ1) is 9.88. The number of hydrogen-bond donors (Lipinski definition) is 0. The third kappa shape index (κ3) is 2.75. The molecule has 0 fully saturated rings. The molecule has 1 atom stereocenters. The first-order valence-electron chi connectivity index (χ1n) is 6.87. The fourth-order valence-corrected chi connectivity index (χ4v) is 2.76. The van der Waals surface area contributed by atoms with Gasteiger partial charge in [-0.25, -0.2) is 0 Å². The van der Waals surface area contributed by atoms with Crippen LogP contribution in [0, 0.1) is 0 Å². The van der Waals surface area contributed by atoms with Gasteiger partial charge in [-0.3, -0.25) is 0 Å². The number of benzene rings is 2. The van der Waals surface area contributed by atoms with Crippen molar-refractivity contribution in [2.75, 3.05) is 13.2 Å². The number of alkyl halides is 1. The summed E-state index contributed by atoms with van der Waals surface area (Å²) in [5.74, 6) is 2.72. The Bertz CT molecular complexity index is 583. The van der Waals surface area contributed by atoms with Gasteiger partial charge in [-0.2, -0.15) is 0 Å². The molecule has 0 radical (unpaired) electrons.